The number of rotatable bonds is 7. The van der Waals surface area contributed by atoms with Gasteiger partial charge in [0, 0.05) is 13.1 Å². The number of nitrogens with zero attached hydrogens (tertiary/aromatic N) is 1. The normalized spacial score (nSPS) is 19.7. The van der Waals surface area contributed by atoms with Gasteiger partial charge in [0.05, 0.1) is 25.7 Å². The summed E-state index contributed by atoms with van der Waals surface area (Å²) >= 11 is 0. The van der Waals surface area contributed by atoms with Crippen LogP contribution in [0.3, 0.4) is 0 Å². The molecule has 0 spiro atoms. The zero-order valence-electron chi connectivity index (χ0n) is 17.1. The van der Waals surface area contributed by atoms with E-state index in [4.69, 9.17) is 13.9 Å². The van der Waals surface area contributed by atoms with Crippen molar-refractivity contribution < 1.29 is 18.7 Å². The molecule has 0 N–H and O–H groups in total. The molecule has 5 heteroatoms. The lowest BCUT2D eigenvalue weighted by molar-refractivity contribution is -0.149. The minimum atomic E-state index is -0.181. The summed E-state index contributed by atoms with van der Waals surface area (Å²) < 4.78 is 17.0. The summed E-state index contributed by atoms with van der Waals surface area (Å²) in [5, 5.41) is 0. The molecule has 0 amide bonds. The van der Waals surface area contributed by atoms with Crippen molar-refractivity contribution in [3.8, 4) is 0 Å². The van der Waals surface area contributed by atoms with Gasteiger partial charge in [0.25, 0.3) is 0 Å². The number of hydrogen-bond donors (Lipinski definition) is 0. The van der Waals surface area contributed by atoms with Gasteiger partial charge < -0.3 is 13.9 Å². The third-order valence-corrected chi connectivity index (χ3v) is 6.09. The van der Waals surface area contributed by atoms with E-state index < -0.39 is 0 Å². The SMILES string of the molecule is O=C(OCc1ccc(CN2CCOCC2)o1)[C@H](c1ccccc1)C1CCCCC1. The smallest absolute Gasteiger partial charge is 0.314 e. The Morgan fingerprint density at radius 1 is 1.00 bits per heavy atom. The summed E-state index contributed by atoms with van der Waals surface area (Å²) in [6.07, 6.45) is 5.86. The number of esters is 1. The quantitative estimate of drug-likeness (QED) is 0.643. The van der Waals surface area contributed by atoms with Gasteiger partial charge in [-0.1, -0.05) is 49.6 Å². The van der Waals surface area contributed by atoms with E-state index in [1.807, 2.05) is 42.5 Å². The molecule has 5 nitrogen and oxygen atoms in total. The second kappa shape index (κ2) is 10.1. The summed E-state index contributed by atoms with van der Waals surface area (Å²) in [7, 11) is 0. The average Bonchev–Trinajstić information content (AvgIpc) is 3.22. The van der Waals surface area contributed by atoms with Crippen LogP contribution in [-0.4, -0.2) is 37.2 Å². The van der Waals surface area contributed by atoms with Gasteiger partial charge >= 0.3 is 5.97 Å². The predicted octanol–water partition coefficient (Wildman–Crippen LogP) is 4.52. The molecule has 0 unspecified atom stereocenters. The van der Waals surface area contributed by atoms with Crippen molar-refractivity contribution >= 4 is 5.97 Å². The molecule has 2 aromatic rings. The molecule has 1 aromatic heterocycles. The monoisotopic (exact) mass is 397 g/mol. The number of furan rings is 1. The lowest BCUT2D eigenvalue weighted by Gasteiger charge is -2.29. The maximum atomic E-state index is 13.1. The number of carbonyl (C=O) groups is 1. The predicted molar refractivity (Wildman–Crippen MR) is 110 cm³/mol. The molecule has 1 saturated carbocycles. The van der Waals surface area contributed by atoms with Crippen molar-refractivity contribution in [1.82, 2.24) is 4.90 Å². The summed E-state index contributed by atoms with van der Waals surface area (Å²) in [6.45, 7) is 4.35. The van der Waals surface area contributed by atoms with E-state index in [1.165, 1.54) is 19.3 Å². The van der Waals surface area contributed by atoms with Crippen molar-refractivity contribution in [3.63, 3.8) is 0 Å². The molecule has 4 rings (SSSR count). The Kier molecular flexibility index (Phi) is 7.01. The fourth-order valence-electron chi connectivity index (χ4n) is 4.53. The van der Waals surface area contributed by atoms with E-state index in [-0.39, 0.29) is 18.5 Å². The van der Waals surface area contributed by atoms with Gasteiger partial charge in [-0.3, -0.25) is 9.69 Å². The third-order valence-electron chi connectivity index (χ3n) is 6.09. The minimum absolute atomic E-state index is 0.130. The molecule has 2 aliphatic rings. The van der Waals surface area contributed by atoms with E-state index in [0.29, 0.717) is 11.7 Å². The molecule has 1 saturated heterocycles. The van der Waals surface area contributed by atoms with E-state index in [2.05, 4.69) is 4.90 Å². The molecule has 0 bridgehead atoms. The first-order chi connectivity index (χ1) is 14.3. The van der Waals surface area contributed by atoms with Gasteiger partial charge in [-0.05, 0) is 36.5 Å². The summed E-state index contributed by atoms with van der Waals surface area (Å²) in [5.74, 6) is 1.67. The van der Waals surface area contributed by atoms with E-state index in [0.717, 1.165) is 57.0 Å². The Morgan fingerprint density at radius 3 is 2.48 bits per heavy atom. The highest BCUT2D eigenvalue weighted by Gasteiger charge is 2.32. The first-order valence-corrected chi connectivity index (χ1v) is 10.9. The molecule has 156 valence electrons. The summed E-state index contributed by atoms with van der Waals surface area (Å²) in [6, 6.07) is 14.0. The maximum Gasteiger partial charge on any atom is 0.314 e. The number of morpholine rings is 1. The molecule has 2 heterocycles. The van der Waals surface area contributed by atoms with Crippen LogP contribution in [0.4, 0.5) is 0 Å². The molecule has 1 atom stereocenters. The molecule has 0 radical (unpaired) electrons. The van der Waals surface area contributed by atoms with Crippen molar-refractivity contribution in [1.29, 1.82) is 0 Å². The van der Waals surface area contributed by atoms with Crippen LogP contribution in [0, 0.1) is 5.92 Å². The molecule has 2 fully saturated rings. The minimum Gasteiger partial charge on any atom is -0.461 e. The van der Waals surface area contributed by atoms with Gasteiger partial charge in [-0.25, -0.2) is 0 Å². The summed E-state index contributed by atoms with van der Waals surface area (Å²) in [4.78, 5) is 15.4. The highest BCUT2D eigenvalue weighted by Crippen LogP contribution is 2.37. The topological polar surface area (TPSA) is 51.9 Å². The lowest BCUT2D eigenvalue weighted by atomic mass is 9.77. The highest BCUT2D eigenvalue weighted by atomic mass is 16.5. The second-order valence-corrected chi connectivity index (χ2v) is 8.15. The van der Waals surface area contributed by atoms with Crippen LogP contribution in [-0.2, 0) is 27.4 Å². The van der Waals surface area contributed by atoms with Crippen molar-refractivity contribution in [2.75, 3.05) is 26.3 Å². The first-order valence-electron chi connectivity index (χ1n) is 10.9. The van der Waals surface area contributed by atoms with Gasteiger partial charge in [0.1, 0.15) is 18.1 Å². The Morgan fingerprint density at radius 2 is 1.72 bits per heavy atom. The lowest BCUT2D eigenvalue weighted by Crippen LogP contribution is -2.35. The van der Waals surface area contributed by atoms with Gasteiger partial charge in [-0.15, -0.1) is 0 Å². The second-order valence-electron chi connectivity index (χ2n) is 8.15. The fourth-order valence-corrected chi connectivity index (χ4v) is 4.53. The third kappa shape index (κ3) is 5.49. The molecule has 1 aliphatic carbocycles. The van der Waals surface area contributed by atoms with Crippen LogP contribution in [0.25, 0.3) is 0 Å². The van der Waals surface area contributed by atoms with Crippen LogP contribution in [0.15, 0.2) is 46.9 Å². The first kappa shape index (κ1) is 20.2. The van der Waals surface area contributed by atoms with E-state index >= 15 is 0 Å². The molecule has 1 aliphatic heterocycles. The molecule has 1 aromatic carbocycles. The fraction of sp³-hybridized carbons (Fsp3) is 0.542. The Bertz CT molecular complexity index is 760. The van der Waals surface area contributed by atoms with Gasteiger partial charge in [0.15, 0.2) is 0 Å². The van der Waals surface area contributed by atoms with E-state index in [1.54, 1.807) is 0 Å². The molecule has 29 heavy (non-hydrogen) atoms. The van der Waals surface area contributed by atoms with Crippen LogP contribution in [0.5, 0.6) is 0 Å². The van der Waals surface area contributed by atoms with Crippen molar-refractivity contribution in [2.24, 2.45) is 5.92 Å². The van der Waals surface area contributed by atoms with Crippen molar-refractivity contribution in [3.05, 3.63) is 59.5 Å². The maximum absolute atomic E-state index is 13.1. The number of ether oxygens (including phenoxy) is 2. The number of benzene rings is 1. The van der Waals surface area contributed by atoms with Crippen LogP contribution >= 0.6 is 0 Å². The number of carbonyl (C=O) groups excluding carboxylic acids is 1. The molecular weight excluding hydrogens is 366 g/mol. The Hall–Kier alpha value is -2.11. The molecular formula is C24H31NO4. The zero-order valence-corrected chi connectivity index (χ0v) is 17.1. The Balaban J connectivity index is 1.36. The van der Waals surface area contributed by atoms with Crippen LogP contribution in [0.1, 0.15) is 55.1 Å². The van der Waals surface area contributed by atoms with Crippen LogP contribution in [0.2, 0.25) is 0 Å². The summed E-state index contributed by atoms with van der Waals surface area (Å²) in [5.41, 5.74) is 1.07. The Labute approximate surface area is 173 Å². The van der Waals surface area contributed by atoms with E-state index in [9.17, 15) is 4.79 Å². The zero-order chi connectivity index (χ0) is 19.9. The highest BCUT2D eigenvalue weighted by molar-refractivity contribution is 5.78. The van der Waals surface area contributed by atoms with Gasteiger partial charge in [-0.2, -0.15) is 0 Å². The largest absolute Gasteiger partial charge is 0.461 e. The van der Waals surface area contributed by atoms with Gasteiger partial charge in [0.2, 0.25) is 0 Å². The number of hydrogen-bond acceptors (Lipinski definition) is 5. The van der Waals surface area contributed by atoms with Crippen LogP contribution < -0.4 is 0 Å². The standard InChI is InChI=1S/C24H31NO4/c26-24(23(19-7-3-1-4-8-19)20-9-5-2-6-10-20)28-18-22-12-11-21(29-22)17-25-13-15-27-16-14-25/h1,3-4,7-8,11-12,20,23H,2,5-6,9-10,13-18H2/t23-/m1/s1. The average molecular weight is 398 g/mol. The van der Waals surface area contributed by atoms with Crippen molar-refractivity contribution in [2.45, 2.75) is 51.2 Å².